The fourth-order valence-corrected chi connectivity index (χ4v) is 2.13. The maximum atomic E-state index is 11.1. The Balaban J connectivity index is 3.07. The van der Waals surface area contributed by atoms with Gasteiger partial charge in [0.1, 0.15) is 24.3 Å². The van der Waals surface area contributed by atoms with Crippen molar-refractivity contribution in [2.45, 2.75) is 49.6 Å². The SMILES string of the molecule is CC(=O)N[C@H]1[C@@H]([C@H](O)[C@H](O)CO)O[C@@](O)(C(=O)[O-])C[C@@H]1O. The van der Waals surface area contributed by atoms with Crippen LogP contribution >= 0.6 is 0 Å². The molecule has 21 heavy (non-hydrogen) atoms. The molecular weight excluding hydrogens is 290 g/mol. The smallest absolute Gasteiger partial charge is 0.217 e. The number of aliphatic hydroxyl groups is 5. The van der Waals surface area contributed by atoms with Crippen LogP contribution in [-0.2, 0) is 14.3 Å². The van der Waals surface area contributed by atoms with Crippen molar-refractivity contribution in [3.63, 3.8) is 0 Å². The summed E-state index contributed by atoms with van der Waals surface area (Å²) < 4.78 is 4.80. The van der Waals surface area contributed by atoms with Gasteiger partial charge in [0.25, 0.3) is 0 Å². The van der Waals surface area contributed by atoms with Gasteiger partial charge in [0, 0.05) is 13.3 Å². The Morgan fingerprint density at radius 3 is 2.48 bits per heavy atom. The molecule has 6 N–H and O–H groups in total. The molecule has 1 rings (SSSR count). The Kier molecular flexibility index (Phi) is 5.61. The van der Waals surface area contributed by atoms with Crippen LogP contribution < -0.4 is 10.4 Å². The van der Waals surface area contributed by atoms with Gasteiger partial charge in [-0.3, -0.25) is 4.79 Å². The summed E-state index contributed by atoms with van der Waals surface area (Å²) in [5, 5.41) is 60.8. The molecule has 0 radical (unpaired) electrons. The van der Waals surface area contributed by atoms with E-state index in [0.29, 0.717) is 0 Å². The van der Waals surface area contributed by atoms with E-state index in [1.165, 1.54) is 0 Å². The summed E-state index contributed by atoms with van der Waals surface area (Å²) >= 11 is 0. The van der Waals surface area contributed by atoms with Crippen molar-refractivity contribution in [3.8, 4) is 0 Å². The summed E-state index contributed by atoms with van der Waals surface area (Å²) in [6.07, 6.45) is -7.67. The molecule has 1 aliphatic heterocycles. The summed E-state index contributed by atoms with van der Waals surface area (Å²) in [6, 6.07) is -1.29. The van der Waals surface area contributed by atoms with Crippen molar-refractivity contribution in [1.82, 2.24) is 5.32 Å². The maximum Gasteiger partial charge on any atom is 0.217 e. The highest BCUT2D eigenvalue weighted by atomic mass is 16.7. The number of hydrogen-bond acceptors (Lipinski definition) is 9. The monoisotopic (exact) mass is 308 g/mol. The Morgan fingerprint density at radius 1 is 1.48 bits per heavy atom. The van der Waals surface area contributed by atoms with Crippen molar-refractivity contribution < 1.29 is 45.0 Å². The minimum atomic E-state index is -2.89. The van der Waals surface area contributed by atoms with E-state index in [0.717, 1.165) is 6.92 Å². The second kappa shape index (κ2) is 6.64. The second-order valence-electron chi connectivity index (χ2n) is 4.89. The zero-order valence-electron chi connectivity index (χ0n) is 11.2. The highest BCUT2D eigenvalue weighted by molar-refractivity contribution is 5.74. The number of amides is 1. The number of carbonyl (C=O) groups excluding carboxylic acids is 2. The molecule has 0 aromatic carbocycles. The summed E-state index contributed by atoms with van der Waals surface area (Å²) in [5.41, 5.74) is 0. The van der Waals surface area contributed by atoms with Gasteiger partial charge in [-0.15, -0.1) is 0 Å². The number of rotatable bonds is 5. The molecular formula is C11H18NO9-. The lowest BCUT2D eigenvalue weighted by Gasteiger charge is -2.46. The fourth-order valence-electron chi connectivity index (χ4n) is 2.13. The van der Waals surface area contributed by atoms with Crippen LogP contribution in [-0.4, -0.2) is 80.3 Å². The van der Waals surface area contributed by atoms with Crippen LogP contribution in [0, 0.1) is 0 Å². The predicted octanol–water partition coefficient (Wildman–Crippen LogP) is -5.21. The molecule has 6 atom stereocenters. The Labute approximate surface area is 119 Å². The lowest BCUT2D eigenvalue weighted by Crippen LogP contribution is -2.68. The minimum absolute atomic E-state index is 0.614. The van der Waals surface area contributed by atoms with Crippen molar-refractivity contribution in [1.29, 1.82) is 0 Å². The third-order valence-corrected chi connectivity index (χ3v) is 3.19. The van der Waals surface area contributed by atoms with E-state index >= 15 is 0 Å². The van der Waals surface area contributed by atoms with Gasteiger partial charge in [-0.2, -0.15) is 0 Å². The summed E-state index contributed by atoms with van der Waals surface area (Å²) in [7, 11) is 0. The van der Waals surface area contributed by atoms with Gasteiger partial charge in [-0.25, -0.2) is 0 Å². The zero-order valence-corrected chi connectivity index (χ0v) is 11.2. The van der Waals surface area contributed by atoms with Crippen molar-refractivity contribution >= 4 is 11.9 Å². The van der Waals surface area contributed by atoms with E-state index in [4.69, 9.17) is 9.84 Å². The topological polar surface area (TPSA) is 180 Å². The predicted molar refractivity (Wildman–Crippen MR) is 62.2 cm³/mol. The summed E-state index contributed by atoms with van der Waals surface area (Å²) in [6.45, 7) is 0.228. The van der Waals surface area contributed by atoms with Gasteiger partial charge < -0.3 is 45.5 Å². The first-order valence-electron chi connectivity index (χ1n) is 6.16. The van der Waals surface area contributed by atoms with Gasteiger partial charge in [0.05, 0.1) is 18.8 Å². The summed E-state index contributed by atoms with van der Waals surface area (Å²) in [4.78, 5) is 22.0. The molecule has 10 heteroatoms. The first-order chi connectivity index (χ1) is 9.62. The maximum absolute atomic E-state index is 11.1. The van der Waals surface area contributed by atoms with E-state index in [1.807, 2.05) is 0 Å². The third kappa shape index (κ3) is 3.87. The van der Waals surface area contributed by atoms with Crippen LogP contribution in [0.3, 0.4) is 0 Å². The van der Waals surface area contributed by atoms with E-state index in [9.17, 15) is 35.1 Å². The molecule has 0 unspecified atom stereocenters. The van der Waals surface area contributed by atoms with Crippen LogP contribution in [0.25, 0.3) is 0 Å². The van der Waals surface area contributed by atoms with Crippen molar-refractivity contribution in [2.24, 2.45) is 0 Å². The molecule has 0 spiro atoms. The molecule has 0 aliphatic carbocycles. The molecule has 1 aliphatic rings. The van der Waals surface area contributed by atoms with Gasteiger partial charge in [-0.05, 0) is 0 Å². The molecule has 0 aromatic rings. The molecule has 1 amide bonds. The standard InChI is InChI=1S/C11H19NO9/c1-4(14)12-7-5(15)2-11(20,10(18)19)21-9(7)8(17)6(16)3-13/h5-9,13,15-17,20H,2-3H2,1H3,(H,12,14)(H,18,19)/p-1/t5-,6+,7+,8+,9-,11+/m0/s1. The van der Waals surface area contributed by atoms with Gasteiger partial charge in [0.15, 0.2) is 0 Å². The molecule has 1 fully saturated rings. The number of hydrogen-bond donors (Lipinski definition) is 6. The molecule has 122 valence electrons. The van der Waals surface area contributed by atoms with Gasteiger partial charge >= 0.3 is 0 Å². The number of carboxylic acid groups (broad SMARTS) is 1. The van der Waals surface area contributed by atoms with Gasteiger partial charge in [0.2, 0.25) is 11.7 Å². The van der Waals surface area contributed by atoms with Crippen LogP contribution in [0.2, 0.25) is 0 Å². The van der Waals surface area contributed by atoms with E-state index in [1.54, 1.807) is 0 Å². The normalized spacial score (nSPS) is 35.8. The van der Waals surface area contributed by atoms with E-state index in [2.05, 4.69) is 5.32 Å². The first kappa shape index (κ1) is 17.8. The van der Waals surface area contributed by atoms with Gasteiger partial charge in [-0.1, -0.05) is 0 Å². The minimum Gasteiger partial charge on any atom is -0.544 e. The zero-order chi connectivity index (χ0) is 16.4. The highest BCUT2D eigenvalue weighted by Crippen LogP contribution is 2.29. The van der Waals surface area contributed by atoms with E-state index < -0.39 is 61.1 Å². The fraction of sp³-hybridized carbons (Fsp3) is 0.818. The summed E-state index contributed by atoms with van der Waals surface area (Å²) in [5.74, 6) is -5.55. The number of aliphatic carboxylic acids is 1. The van der Waals surface area contributed by atoms with Crippen LogP contribution in [0.5, 0.6) is 0 Å². The average molecular weight is 308 g/mol. The quantitative estimate of drug-likeness (QED) is 0.289. The molecule has 1 saturated heterocycles. The molecule has 1 heterocycles. The third-order valence-electron chi connectivity index (χ3n) is 3.19. The Morgan fingerprint density at radius 2 is 2.05 bits per heavy atom. The average Bonchev–Trinajstić information content (AvgIpc) is 2.39. The lowest BCUT2D eigenvalue weighted by atomic mass is 9.88. The van der Waals surface area contributed by atoms with Crippen LogP contribution in [0.15, 0.2) is 0 Å². The number of carboxylic acids is 1. The first-order valence-corrected chi connectivity index (χ1v) is 6.16. The van der Waals surface area contributed by atoms with Crippen LogP contribution in [0.4, 0.5) is 0 Å². The van der Waals surface area contributed by atoms with Crippen molar-refractivity contribution in [2.75, 3.05) is 6.61 Å². The lowest BCUT2D eigenvalue weighted by molar-refractivity contribution is -0.374. The largest absolute Gasteiger partial charge is 0.544 e. The molecule has 0 saturated carbocycles. The Hall–Kier alpha value is -1.30. The number of aliphatic hydroxyl groups excluding tert-OH is 4. The van der Waals surface area contributed by atoms with Crippen LogP contribution in [0.1, 0.15) is 13.3 Å². The number of carbonyl (C=O) groups is 2. The second-order valence-corrected chi connectivity index (χ2v) is 4.89. The van der Waals surface area contributed by atoms with Crippen molar-refractivity contribution in [3.05, 3.63) is 0 Å². The number of nitrogens with one attached hydrogen (secondary N) is 1. The number of ether oxygens (including phenoxy) is 1. The molecule has 10 nitrogen and oxygen atoms in total. The highest BCUT2D eigenvalue weighted by Gasteiger charge is 2.50. The van der Waals surface area contributed by atoms with E-state index in [-0.39, 0.29) is 0 Å². The molecule has 0 aromatic heterocycles. The molecule has 0 bridgehead atoms. The Bertz CT molecular complexity index is 403.